The number of carbonyl (C=O) groups is 1. The van der Waals surface area contributed by atoms with Gasteiger partial charge in [0.2, 0.25) is 5.16 Å². The molecule has 0 saturated carbocycles. The minimum absolute atomic E-state index is 0.0528. The molecule has 0 aliphatic rings. The van der Waals surface area contributed by atoms with Gasteiger partial charge in [0, 0.05) is 12.5 Å². The van der Waals surface area contributed by atoms with Crippen molar-refractivity contribution >= 4 is 48.4 Å². The number of hydrogen-bond acceptors (Lipinski definition) is 9. The van der Waals surface area contributed by atoms with Crippen LogP contribution in [0.3, 0.4) is 0 Å². The van der Waals surface area contributed by atoms with Gasteiger partial charge < -0.3 is 8.92 Å². The zero-order chi connectivity index (χ0) is 18.3. The van der Waals surface area contributed by atoms with Crippen LogP contribution in [0, 0.1) is 0 Å². The second kappa shape index (κ2) is 6.25. The Balaban J connectivity index is 2.74. The van der Waals surface area contributed by atoms with Crippen molar-refractivity contribution in [1.29, 1.82) is 0 Å². The zero-order valence-corrected chi connectivity index (χ0v) is 14.2. The summed E-state index contributed by atoms with van der Waals surface area (Å²) in [5, 5.41) is -0.272. The molecular weight excluding hydrogens is 397 g/mol. The number of methoxy groups -OCH3 is 1. The summed E-state index contributed by atoms with van der Waals surface area (Å²) >= 11 is 0.573. The fourth-order valence-electron chi connectivity index (χ4n) is 1.46. The Bertz CT molecular complexity index is 937. The monoisotopic (exact) mass is 404 g/mol. The summed E-state index contributed by atoms with van der Waals surface area (Å²) < 4.78 is 80.0. The Hall–Kier alpha value is -1.80. The van der Waals surface area contributed by atoms with Gasteiger partial charge in [0.25, 0.3) is 0 Å². The quantitative estimate of drug-likeness (QED) is 0.326. The second-order valence-electron chi connectivity index (χ2n) is 4.05. The van der Waals surface area contributed by atoms with Crippen LogP contribution in [0.15, 0.2) is 11.4 Å². The van der Waals surface area contributed by atoms with Crippen LogP contribution in [0.4, 0.5) is 13.2 Å². The molecule has 0 fully saturated rings. The third kappa shape index (κ3) is 3.34. The van der Waals surface area contributed by atoms with Crippen LogP contribution in [0.1, 0.15) is 9.67 Å². The molecule has 0 spiro atoms. The van der Waals surface area contributed by atoms with Gasteiger partial charge in [-0.15, -0.1) is 11.3 Å². The Morgan fingerprint density at radius 1 is 1.38 bits per heavy atom. The third-order valence-electron chi connectivity index (χ3n) is 2.47. The number of carbonyl (C=O) groups excluding carboxylic acids is 1. The molecular formula is C10H7F3N2O6S3. The molecule has 0 aliphatic heterocycles. The van der Waals surface area contributed by atoms with Crippen LogP contribution in [-0.4, -0.2) is 47.4 Å². The molecule has 0 aromatic carbocycles. The smallest absolute Gasteiger partial charge is 0.465 e. The molecule has 1 unspecified atom stereocenters. The van der Waals surface area contributed by atoms with Crippen LogP contribution >= 0.6 is 11.3 Å². The van der Waals surface area contributed by atoms with Crippen LogP contribution in [0.5, 0.6) is 5.75 Å². The number of aromatic nitrogens is 2. The van der Waals surface area contributed by atoms with Crippen LogP contribution in [-0.2, 0) is 25.7 Å². The molecule has 0 radical (unpaired) electrons. The van der Waals surface area contributed by atoms with E-state index in [-0.39, 0.29) is 9.86 Å². The first-order chi connectivity index (χ1) is 11.0. The second-order valence-corrected chi connectivity index (χ2v) is 7.92. The Morgan fingerprint density at radius 2 is 2.00 bits per heavy atom. The van der Waals surface area contributed by atoms with Gasteiger partial charge in [-0.3, -0.25) is 4.21 Å². The van der Waals surface area contributed by atoms with E-state index in [4.69, 9.17) is 0 Å². The number of alkyl halides is 3. The Morgan fingerprint density at radius 3 is 2.50 bits per heavy atom. The fourth-order valence-corrected chi connectivity index (χ4v) is 3.36. The Kier molecular flexibility index (Phi) is 4.83. The molecule has 2 aromatic heterocycles. The number of fused-ring (bicyclic) bond motifs is 1. The van der Waals surface area contributed by atoms with Gasteiger partial charge >= 0.3 is 21.6 Å². The highest BCUT2D eigenvalue weighted by atomic mass is 32.2. The summed E-state index contributed by atoms with van der Waals surface area (Å²) in [6.45, 7) is 0. The van der Waals surface area contributed by atoms with Gasteiger partial charge in [-0.2, -0.15) is 21.6 Å². The summed E-state index contributed by atoms with van der Waals surface area (Å²) in [5.41, 5.74) is -6.11. The number of halogens is 3. The molecule has 0 N–H and O–H groups in total. The molecule has 24 heavy (non-hydrogen) atoms. The SMILES string of the molecule is COC(=O)c1sc2cnc(S(C)=O)nc2c1OS(=O)(=O)C(F)(F)F. The summed E-state index contributed by atoms with van der Waals surface area (Å²) in [6.07, 6.45) is 2.30. The predicted octanol–water partition coefficient (Wildman–Crippen LogP) is 1.44. The van der Waals surface area contributed by atoms with E-state index in [2.05, 4.69) is 18.9 Å². The van der Waals surface area contributed by atoms with Crippen LogP contribution < -0.4 is 4.18 Å². The molecule has 0 saturated heterocycles. The topological polar surface area (TPSA) is 113 Å². The van der Waals surface area contributed by atoms with Crippen LogP contribution in [0.25, 0.3) is 10.2 Å². The highest BCUT2D eigenvalue weighted by molar-refractivity contribution is 7.88. The van der Waals surface area contributed by atoms with Gasteiger partial charge in [-0.25, -0.2) is 14.8 Å². The highest BCUT2D eigenvalue weighted by Crippen LogP contribution is 2.39. The van der Waals surface area contributed by atoms with Gasteiger partial charge in [0.1, 0.15) is 5.52 Å². The van der Waals surface area contributed by atoms with Crippen molar-refractivity contribution in [3.8, 4) is 5.75 Å². The fraction of sp³-hybridized carbons (Fsp3) is 0.300. The molecule has 0 aliphatic carbocycles. The minimum Gasteiger partial charge on any atom is -0.465 e. The lowest BCUT2D eigenvalue weighted by atomic mass is 10.4. The number of ether oxygens (including phenoxy) is 1. The molecule has 1 atom stereocenters. The van der Waals surface area contributed by atoms with Gasteiger partial charge in [0.05, 0.1) is 22.6 Å². The van der Waals surface area contributed by atoms with E-state index >= 15 is 0 Å². The average Bonchev–Trinajstić information content (AvgIpc) is 2.82. The third-order valence-corrected chi connectivity index (χ3v) is 5.21. The lowest BCUT2D eigenvalue weighted by Crippen LogP contribution is -2.28. The molecule has 14 heteroatoms. The van der Waals surface area contributed by atoms with Crippen molar-refractivity contribution in [3.63, 3.8) is 0 Å². The van der Waals surface area contributed by atoms with Gasteiger partial charge in [-0.05, 0) is 0 Å². The highest BCUT2D eigenvalue weighted by Gasteiger charge is 2.49. The summed E-state index contributed by atoms with van der Waals surface area (Å²) in [5.74, 6) is -2.07. The maximum atomic E-state index is 12.5. The maximum Gasteiger partial charge on any atom is 0.534 e. The van der Waals surface area contributed by atoms with Gasteiger partial charge in [-0.1, -0.05) is 0 Å². The summed E-state index contributed by atoms with van der Waals surface area (Å²) in [6, 6.07) is 0. The molecule has 0 amide bonds. The molecule has 8 nitrogen and oxygen atoms in total. The van der Waals surface area contributed by atoms with Crippen molar-refractivity contribution in [2.75, 3.05) is 13.4 Å². The molecule has 0 bridgehead atoms. The lowest BCUT2D eigenvalue weighted by Gasteiger charge is -2.09. The van der Waals surface area contributed by atoms with Gasteiger partial charge in [0.15, 0.2) is 10.6 Å². The van der Waals surface area contributed by atoms with Crippen molar-refractivity contribution in [3.05, 3.63) is 11.1 Å². The van der Waals surface area contributed by atoms with Crippen molar-refractivity contribution in [1.82, 2.24) is 9.97 Å². The standard InChI is InChI=1S/C10H7F3N2O6S3/c1-20-8(16)7-6(21-24(18,19)10(11,12)13)5-4(22-7)3-14-9(15-5)23(2)17/h3H,1-2H3. The molecule has 132 valence electrons. The minimum atomic E-state index is -6.05. The van der Waals surface area contributed by atoms with E-state index < -0.39 is 48.5 Å². The Labute approximate surface area is 139 Å². The first-order valence-electron chi connectivity index (χ1n) is 5.70. The average molecular weight is 404 g/mol. The molecule has 2 aromatic rings. The van der Waals surface area contributed by atoms with E-state index in [0.717, 1.165) is 13.3 Å². The number of esters is 1. The number of thiophene rings is 1. The van der Waals surface area contributed by atoms with E-state index in [0.29, 0.717) is 11.3 Å². The maximum absolute atomic E-state index is 12.5. The summed E-state index contributed by atoms with van der Waals surface area (Å²) in [4.78, 5) is 18.6. The van der Waals surface area contributed by atoms with Crippen LogP contribution in [0.2, 0.25) is 0 Å². The number of nitrogens with zero attached hydrogens (tertiary/aromatic N) is 2. The summed E-state index contributed by atoms with van der Waals surface area (Å²) in [7, 11) is -6.79. The number of hydrogen-bond donors (Lipinski definition) is 0. The van der Waals surface area contributed by atoms with E-state index in [1.807, 2.05) is 0 Å². The molecule has 2 heterocycles. The largest absolute Gasteiger partial charge is 0.534 e. The van der Waals surface area contributed by atoms with Crippen molar-refractivity contribution < 1.29 is 39.5 Å². The van der Waals surface area contributed by atoms with E-state index in [1.54, 1.807) is 0 Å². The zero-order valence-electron chi connectivity index (χ0n) is 11.8. The van der Waals surface area contributed by atoms with Crippen molar-refractivity contribution in [2.45, 2.75) is 10.7 Å². The first-order valence-corrected chi connectivity index (χ1v) is 9.48. The molecule has 2 rings (SSSR count). The normalized spacial score (nSPS) is 13.7. The van der Waals surface area contributed by atoms with E-state index in [1.165, 1.54) is 6.26 Å². The first kappa shape index (κ1) is 18.5. The van der Waals surface area contributed by atoms with E-state index in [9.17, 15) is 30.6 Å². The van der Waals surface area contributed by atoms with Crippen molar-refractivity contribution in [2.24, 2.45) is 0 Å². The predicted molar refractivity (Wildman–Crippen MR) is 76.7 cm³/mol. The number of rotatable bonds is 4. The lowest BCUT2D eigenvalue weighted by molar-refractivity contribution is -0.0500.